The van der Waals surface area contributed by atoms with Crippen molar-refractivity contribution in [2.24, 2.45) is 0 Å². The molecule has 2 aromatic carbocycles. The van der Waals surface area contributed by atoms with Crippen molar-refractivity contribution in [2.75, 3.05) is 7.11 Å². The van der Waals surface area contributed by atoms with Crippen LogP contribution in [0.4, 0.5) is 0 Å². The lowest BCUT2D eigenvalue weighted by Crippen LogP contribution is -2.03. The number of benzene rings is 2. The van der Waals surface area contributed by atoms with Crippen molar-refractivity contribution < 1.29 is 14.3 Å². The number of hydrogen-bond acceptors (Lipinski definition) is 4. The summed E-state index contributed by atoms with van der Waals surface area (Å²) in [7, 11) is 1.63. The second kappa shape index (κ2) is 10.5. The molecule has 0 aliphatic rings. The minimum absolute atomic E-state index is 0.0865. The summed E-state index contributed by atoms with van der Waals surface area (Å²) in [5.41, 5.74) is 4.38. The van der Waals surface area contributed by atoms with E-state index in [4.69, 9.17) is 21.1 Å². The van der Waals surface area contributed by atoms with Crippen LogP contribution in [0.3, 0.4) is 0 Å². The Morgan fingerprint density at radius 1 is 1.22 bits per heavy atom. The zero-order valence-corrected chi connectivity index (χ0v) is 19.9. The number of allylic oxidation sites excluding steroid dienone is 1. The molecule has 32 heavy (non-hydrogen) atoms. The van der Waals surface area contributed by atoms with Gasteiger partial charge >= 0.3 is 0 Å². The van der Waals surface area contributed by atoms with Crippen molar-refractivity contribution in [2.45, 2.75) is 46.8 Å². The predicted molar refractivity (Wildman–Crippen MR) is 129 cm³/mol. The second-order valence-corrected chi connectivity index (χ2v) is 8.34. The highest BCUT2D eigenvalue weighted by molar-refractivity contribution is 6.31. The molecule has 0 atom stereocenters. The number of methoxy groups -OCH3 is 1. The van der Waals surface area contributed by atoms with Gasteiger partial charge in [-0.15, -0.1) is 0 Å². The highest BCUT2D eigenvalue weighted by Gasteiger charge is 2.13. The number of aromatic nitrogens is 2. The molecule has 3 rings (SSSR count). The molecule has 0 saturated heterocycles. The van der Waals surface area contributed by atoms with E-state index in [1.807, 2.05) is 44.2 Å². The summed E-state index contributed by atoms with van der Waals surface area (Å²) in [5.74, 6) is 1.74. The third-order valence-electron chi connectivity index (χ3n) is 5.27. The van der Waals surface area contributed by atoms with Gasteiger partial charge in [0.25, 0.3) is 0 Å². The largest absolute Gasteiger partial charge is 0.496 e. The minimum atomic E-state index is -0.0865. The Kier molecular flexibility index (Phi) is 7.75. The van der Waals surface area contributed by atoms with Crippen molar-refractivity contribution in [3.63, 3.8) is 0 Å². The van der Waals surface area contributed by atoms with Gasteiger partial charge in [-0.3, -0.25) is 9.48 Å². The smallest absolute Gasteiger partial charge is 0.189 e. The summed E-state index contributed by atoms with van der Waals surface area (Å²) in [6.07, 6.45) is 6.69. The third kappa shape index (κ3) is 5.60. The van der Waals surface area contributed by atoms with E-state index >= 15 is 0 Å². The van der Waals surface area contributed by atoms with Gasteiger partial charge in [0.2, 0.25) is 0 Å². The molecule has 0 amide bonds. The molecule has 0 N–H and O–H groups in total. The number of ketones is 1. The predicted octanol–water partition coefficient (Wildman–Crippen LogP) is 6.47. The maximum Gasteiger partial charge on any atom is 0.189 e. The van der Waals surface area contributed by atoms with Crippen molar-refractivity contribution in [3.05, 3.63) is 81.6 Å². The van der Waals surface area contributed by atoms with E-state index < -0.39 is 0 Å². The van der Waals surface area contributed by atoms with Crippen LogP contribution in [0, 0.1) is 6.92 Å². The van der Waals surface area contributed by atoms with E-state index in [-0.39, 0.29) is 11.7 Å². The molecular formula is C26H29ClN2O3. The van der Waals surface area contributed by atoms with Crippen molar-refractivity contribution >= 4 is 23.5 Å². The number of carbonyl (C=O) groups excluding carboxylic acids is 1. The number of hydrogen-bond donors (Lipinski definition) is 0. The standard InChI is InChI=1S/C26H29ClN2O3/c1-6-29-15-21(14-28-29)24(30)9-7-19-8-10-25(31-5)20(12-19)16-32-26-11-18(4)23(27)13-22(26)17(2)3/h7-15,17H,6,16H2,1-5H3/b9-7+. The first-order valence-corrected chi connectivity index (χ1v) is 11.0. The number of nitrogens with zero attached hydrogens (tertiary/aromatic N) is 2. The fraction of sp³-hybridized carbons (Fsp3) is 0.308. The Morgan fingerprint density at radius 2 is 2.00 bits per heavy atom. The number of rotatable bonds is 9. The van der Waals surface area contributed by atoms with Crippen LogP contribution in [0.1, 0.15) is 59.3 Å². The first-order valence-electron chi connectivity index (χ1n) is 10.7. The van der Waals surface area contributed by atoms with E-state index in [0.717, 1.165) is 45.3 Å². The van der Waals surface area contributed by atoms with Crippen LogP contribution >= 0.6 is 11.6 Å². The maximum atomic E-state index is 12.4. The Morgan fingerprint density at radius 3 is 2.66 bits per heavy atom. The summed E-state index contributed by atoms with van der Waals surface area (Å²) in [6, 6.07) is 9.71. The normalized spacial score (nSPS) is 11.3. The fourth-order valence-electron chi connectivity index (χ4n) is 3.35. The van der Waals surface area contributed by atoms with Crippen LogP contribution in [-0.2, 0) is 13.2 Å². The first kappa shape index (κ1) is 23.6. The Bertz CT molecular complexity index is 1130. The van der Waals surface area contributed by atoms with Crippen LogP contribution in [0.25, 0.3) is 6.08 Å². The van der Waals surface area contributed by atoms with Crippen molar-refractivity contribution in [1.82, 2.24) is 9.78 Å². The highest BCUT2D eigenvalue weighted by Crippen LogP contribution is 2.33. The van der Waals surface area contributed by atoms with Crippen molar-refractivity contribution in [3.8, 4) is 11.5 Å². The number of halogens is 1. The lowest BCUT2D eigenvalue weighted by Gasteiger charge is -2.17. The molecule has 0 aliphatic carbocycles. The van der Waals surface area contributed by atoms with Crippen LogP contribution in [0.2, 0.25) is 5.02 Å². The molecule has 168 valence electrons. The van der Waals surface area contributed by atoms with Gasteiger partial charge < -0.3 is 9.47 Å². The van der Waals surface area contributed by atoms with Gasteiger partial charge in [0.05, 0.1) is 18.9 Å². The quantitative estimate of drug-likeness (QED) is 0.275. The molecule has 0 saturated carbocycles. The fourth-order valence-corrected chi connectivity index (χ4v) is 3.52. The number of carbonyl (C=O) groups is 1. The topological polar surface area (TPSA) is 53.4 Å². The van der Waals surface area contributed by atoms with Crippen LogP contribution in [0.15, 0.2) is 48.8 Å². The Labute approximate surface area is 194 Å². The Balaban J connectivity index is 1.80. The molecule has 1 heterocycles. The average molecular weight is 453 g/mol. The Hall–Kier alpha value is -3.05. The lowest BCUT2D eigenvalue weighted by atomic mass is 10.0. The van der Waals surface area contributed by atoms with Crippen LogP contribution in [0.5, 0.6) is 11.5 Å². The zero-order chi connectivity index (χ0) is 23.3. The average Bonchev–Trinajstić information content (AvgIpc) is 3.27. The summed E-state index contributed by atoms with van der Waals surface area (Å²) < 4.78 is 13.4. The molecule has 6 heteroatoms. The van der Waals surface area contributed by atoms with Gasteiger partial charge in [-0.05, 0) is 66.8 Å². The third-order valence-corrected chi connectivity index (χ3v) is 5.68. The summed E-state index contributed by atoms with van der Waals surface area (Å²) in [6.45, 7) is 9.23. The van der Waals surface area contributed by atoms with Gasteiger partial charge in [-0.25, -0.2) is 0 Å². The second-order valence-electron chi connectivity index (χ2n) is 7.94. The summed E-state index contributed by atoms with van der Waals surface area (Å²) >= 11 is 6.31. The summed E-state index contributed by atoms with van der Waals surface area (Å²) in [4.78, 5) is 12.4. The minimum Gasteiger partial charge on any atom is -0.496 e. The molecule has 0 spiro atoms. The SMILES string of the molecule is CCn1cc(C(=O)/C=C/c2ccc(OC)c(COc3cc(C)c(Cl)cc3C(C)C)c2)cn1. The van der Waals surface area contributed by atoms with Gasteiger partial charge in [0.15, 0.2) is 5.78 Å². The van der Waals surface area contributed by atoms with Gasteiger partial charge in [-0.2, -0.15) is 5.10 Å². The van der Waals surface area contributed by atoms with Gasteiger partial charge in [-0.1, -0.05) is 37.6 Å². The van der Waals surface area contributed by atoms with E-state index in [1.54, 1.807) is 36.3 Å². The van der Waals surface area contributed by atoms with Crippen LogP contribution in [-0.4, -0.2) is 22.7 Å². The molecule has 1 aromatic heterocycles. The molecule has 3 aromatic rings. The van der Waals surface area contributed by atoms with E-state index in [1.165, 1.54) is 0 Å². The molecule has 5 nitrogen and oxygen atoms in total. The van der Waals surface area contributed by atoms with Crippen LogP contribution < -0.4 is 9.47 Å². The number of ether oxygens (including phenoxy) is 2. The van der Waals surface area contributed by atoms with Crippen molar-refractivity contribution in [1.29, 1.82) is 0 Å². The van der Waals surface area contributed by atoms with E-state index in [9.17, 15) is 4.79 Å². The molecular weight excluding hydrogens is 424 g/mol. The molecule has 0 unspecified atom stereocenters. The first-order chi connectivity index (χ1) is 15.3. The lowest BCUT2D eigenvalue weighted by molar-refractivity contribution is 0.104. The molecule has 0 aliphatic heterocycles. The zero-order valence-electron chi connectivity index (χ0n) is 19.2. The molecule has 0 fully saturated rings. The highest BCUT2D eigenvalue weighted by atomic mass is 35.5. The summed E-state index contributed by atoms with van der Waals surface area (Å²) in [5, 5.41) is 4.89. The number of aryl methyl sites for hydroxylation is 2. The van der Waals surface area contributed by atoms with Gasteiger partial charge in [0, 0.05) is 23.3 Å². The van der Waals surface area contributed by atoms with Gasteiger partial charge in [0.1, 0.15) is 18.1 Å². The molecule has 0 radical (unpaired) electrons. The maximum absolute atomic E-state index is 12.4. The van der Waals surface area contributed by atoms with E-state index in [2.05, 4.69) is 18.9 Å². The van der Waals surface area contributed by atoms with E-state index in [0.29, 0.717) is 12.2 Å². The monoisotopic (exact) mass is 452 g/mol. The molecule has 0 bridgehead atoms.